The van der Waals surface area contributed by atoms with Crippen molar-refractivity contribution in [1.29, 1.82) is 0 Å². The van der Waals surface area contributed by atoms with Gasteiger partial charge < -0.3 is 5.73 Å². The largest absolute Gasteiger partial charge is 0.323 e. The van der Waals surface area contributed by atoms with Crippen LogP contribution in [0.5, 0.6) is 0 Å². The fraction of sp³-hybridized carbons (Fsp3) is 0.692. The second kappa shape index (κ2) is 7.56. The average Bonchev–Trinajstić information content (AvgIpc) is 2.77. The van der Waals surface area contributed by atoms with Gasteiger partial charge in [0, 0.05) is 6.04 Å². The standard InChI is InChI=1S/C13H23N3S/c1-4-5-6-7-8-9-11(14)13-12(10(2)3)15-16-17-13/h4,10-11H,1,5-9,14H2,2-3H3. The van der Waals surface area contributed by atoms with E-state index in [1.165, 1.54) is 35.7 Å². The van der Waals surface area contributed by atoms with Crippen LogP contribution in [0.25, 0.3) is 0 Å². The zero-order valence-corrected chi connectivity index (χ0v) is 11.7. The molecule has 0 saturated heterocycles. The van der Waals surface area contributed by atoms with Crippen LogP contribution < -0.4 is 5.73 Å². The summed E-state index contributed by atoms with van der Waals surface area (Å²) in [5, 5.41) is 4.17. The van der Waals surface area contributed by atoms with E-state index in [9.17, 15) is 0 Å². The van der Waals surface area contributed by atoms with E-state index in [2.05, 4.69) is 30.0 Å². The first-order valence-electron chi connectivity index (χ1n) is 6.35. The molecule has 0 aliphatic rings. The third-order valence-electron chi connectivity index (χ3n) is 2.85. The van der Waals surface area contributed by atoms with E-state index in [1.54, 1.807) is 0 Å². The summed E-state index contributed by atoms with van der Waals surface area (Å²) in [6.45, 7) is 8.00. The summed E-state index contributed by atoms with van der Waals surface area (Å²) in [5.41, 5.74) is 7.28. The molecular weight excluding hydrogens is 230 g/mol. The highest BCUT2D eigenvalue weighted by atomic mass is 32.1. The van der Waals surface area contributed by atoms with E-state index in [-0.39, 0.29) is 6.04 Å². The van der Waals surface area contributed by atoms with Crippen molar-refractivity contribution < 1.29 is 0 Å². The van der Waals surface area contributed by atoms with Crippen molar-refractivity contribution >= 4 is 11.5 Å². The predicted octanol–water partition coefficient (Wildman–Crippen LogP) is 3.80. The molecule has 0 aromatic carbocycles. The summed E-state index contributed by atoms with van der Waals surface area (Å²) in [6.07, 6.45) is 7.72. The van der Waals surface area contributed by atoms with E-state index in [4.69, 9.17) is 5.73 Å². The number of hydrogen-bond donors (Lipinski definition) is 1. The number of unbranched alkanes of at least 4 members (excludes halogenated alkanes) is 3. The van der Waals surface area contributed by atoms with Crippen LogP contribution in [0.4, 0.5) is 0 Å². The lowest BCUT2D eigenvalue weighted by Gasteiger charge is -2.11. The fourth-order valence-electron chi connectivity index (χ4n) is 1.82. The molecule has 0 fully saturated rings. The van der Waals surface area contributed by atoms with Crippen LogP contribution in [-0.4, -0.2) is 9.59 Å². The van der Waals surface area contributed by atoms with Crippen LogP contribution in [0, 0.1) is 0 Å². The third-order valence-corrected chi connectivity index (χ3v) is 3.72. The van der Waals surface area contributed by atoms with Crippen LogP contribution in [0.1, 0.15) is 68.5 Å². The lowest BCUT2D eigenvalue weighted by atomic mass is 10.0. The van der Waals surface area contributed by atoms with Gasteiger partial charge in [0.25, 0.3) is 0 Å². The highest BCUT2D eigenvalue weighted by Gasteiger charge is 2.17. The van der Waals surface area contributed by atoms with Gasteiger partial charge in [0.1, 0.15) is 0 Å². The van der Waals surface area contributed by atoms with Gasteiger partial charge in [-0.3, -0.25) is 0 Å². The Labute approximate surface area is 108 Å². The Morgan fingerprint density at radius 3 is 2.76 bits per heavy atom. The number of aromatic nitrogens is 2. The molecule has 0 aliphatic carbocycles. The van der Waals surface area contributed by atoms with Gasteiger partial charge >= 0.3 is 0 Å². The van der Waals surface area contributed by atoms with Crippen molar-refractivity contribution in [2.45, 2.75) is 57.9 Å². The Balaban J connectivity index is 2.38. The average molecular weight is 253 g/mol. The van der Waals surface area contributed by atoms with E-state index in [0.717, 1.165) is 18.5 Å². The summed E-state index contributed by atoms with van der Waals surface area (Å²) in [6, 6.07) is 0.108. The maximum Gasteiger partial charge on any atom is 0.0828 e. The quantitative estimate of drug-likeness (QED) is 0.566. The van der Waals surface area contributed by atoms with Crippen molar-refractivity contribution in [3.05, 3.63) is 23.2 Å². The molecule has 1 aromatic rings. The molecule has 0 bridgehead atoms. The predicted molar refractivity (Wildman–Crippen MR) is 74.2 cm³/mol. The summed E-state index contributed by atoms with van der Waals surface area (Å²) < 4.78 is 4.02. The van der Waals surface area contributed by atoms with E-state index >= 15 is 0 Å². The van der Waals surface area contributed by atoms with Crippen LogP contribution in [0.15, 0.2) is 12.7 Å². The Kier molecular flexibility index (Phi) is 6.37. The SMILES string of the molecule is C=CCCCCCC(N)c1snnc1C(C)C. The zero-order valence-electron chi connectivity index (χ0n) is 10.9. The van der Waals surface area contributed by atoms with Crippen molar-refractivity contribution in [3.63, 3.8) is 0 Å². The minimum absolute atomic E-state index is 0.108. The maximum absolute atomic E-state index is 6.20. The molecule has 17 heavy (non-hydrogen) atoms. The third kappa shape index (κ3) is 4.56. The van der Waals surface area contributed by atoms with E-state index < -0.39 is 0 Å². The molecule has 0 radical (unpaired) electrons. The number of nitrogens with zero attached hydrogens (tertiary/aromatic N) is 2. The first kappa shape index (κ1) is 14.3. The van der Waals surface area contributed by atoms with Gasteiger partial charge in [-0.2, -0.15) is 0 Å². The molecular formula is C13H23N3S. The molecule has 0 amide bonds. The maximum atomic E-state index is 6.20. The van der Waals surface area contributed by atoms with Crippen LogP contribution in [-0.2, 0) is 0 Å². The lowest BCUT2D eigenvalue weighted by Crippen LogP contribution is -2.11. The molecule has 4 heteroatoms. The Bertz CT molecular complexity index is 333. The Morgan fingerprint density at radius 1 is 1.35 bits per heavy atom. The fourth-order valence-corrected chi connectivity index (χ4v) is 2.66. The number of hydrogen-bond acceptors (Lipinski definition) is 4. The smallest absolute Gasteiger partial charge is 0.0828 e. The molecule has 1 rings (SSSR count). The monoisotopic (exact) mass is 253 g/mol. The molecule has 0 saturated carbocycles. The highest BCUT2D eigenvalue weighted by molar-refractivity contribution is 7.05. The Hall–Kier alpha value is -0.740. The number of nitrogens with two attached hydrogens (primary N) is 1. The molecule has 1 atom stereocenters. The summed E-state index contributed by atoms with van der Waals surface area (Å²) >= 11 is 1.45. The van der Waals surface area contributed by atoms with Gasteiger partial charge in [-0.15, -0.1) is 11.7 Å². The van der Waals surface area contributed by atoms with Crippen molar-refractivity contribution in [2.75, 3.05) is 0 Å². The molecule has 0 spiro atoms. The van der Waals surface area contributed by atoms with Crippen LogP contribution in [0.2, 0.25) is 0 Å². The van der Waals surface area contributed by atoms with Gasteiger partial charge in [0.15, 0.2) is 0 Å². The minimum Gasteiger partial charge on any atom is -0.323 e. The summed E-state index contributed by atoms with van der Waals surface area (Å²) in [7, 11) is 0. The lowest BCUT2D eigenvalue weighted by molar-refractivity contribution is 0.571. The molecule has 1 unspecified atom stereocenters. The number of rotatable bonds is 8. The van der Waals surface area contributed by atoms with E-state index in [1.807, 2.05) is 6.08 Å². The van der Waals surface area contributed by atoms with Crippen LogP contribution in [0.3, 0.4) is 0 Å². The first-order valence-corrected chi connectivity index (χ1v) is 7.12. The van der Waals surface area contributed by atoms with Crippen molar-refractivity contribution in [1.82, 2.24) is 9.59 Å². The van der Waals surface area contributed by atoms with Gasteiger partial charge in [-0.25, -0.2) is 0 Å². The summed E-state index contributed by atoms with van der Waals surface area (Å²) in [4.78, 5) is 1.17. The van der Waals surface area contributed by atoms with Gasteiger partial charge in [0.2, 0.25) is 0 Å². The van der Waals surface area contributed by atoms with Gasteiger partial charge in [-0.05, 0) is 36.7 Å². The molecule has 3 nitrogen and oxygen atoms in total. The minimum atomic E-state index is 0.108. The highest BCUT2D eigenvalue weighted by Crippen LogP contribution is 2.27. The molecule has 1 aromatic heterocycles. The summed E-state index contributed by atoms with van der Waals surface area (Å²) in [5.74, 6) is 0.413. The molecule has 0 aliphatic heterocycles. The second-order valence-electron chi connectivity index (χ2n) is 4.71. The number of allylic oxidation sites excluding steroid dienone is 1. The van der Waals surface area contributed by atoms with Crippen molar-refractivity contribution in [2.24, 2.45) is 5.73 Å². The topological polar surface area (TPSA) is 51.8 Å². The van der Waals surface area contributed by atoms with E-state index in [0.29, 0.717) is 5.92 Å². The zero-order chi connectivity index (χ0) is 12.7. The van der Waals surface area contributed by atoms with Gasteiger partial charge in [0.05, 0.1) is 10.6 Å². The molecule has 96 valence electrons. The van der Waals surface area contributed by atoms with Crippen molar-refractivity contribution in [3.8, 4) is 0 Å². The normalized spacial score (nSPS) is 12.9. The van der Waals surface area contributed by atoms with Gasteiger partial charge in [-0.1, -0.05) is 37.3 Å². The molecule has 2 N–H and O–H groups in total. The van der Waals surface area contributed by atoms with Crippen LogP contribution >= 0.6 is 11.5 Å². The first-order chi connectivity index (χ1) is 8.16. The second-order valence-corrected chi connectivity index (χ2v) is 5.50. The molecule has 1 heterocycles. The Morgan fingerprint density at radius 2 is 2.12 bits per heavy atom.